The summed E-state index contributed by atoms with van der Waals surface area (Å²) >= 11 is 0. The van der Waals surface area contributed by atoms with E-state index in [1.165, 1.54) is 161 Å². The molecule has 0 bridgehead atoms. The number of unbranched alkanes of at least 4 members (excludes halogenated alkanes) is 31. The average Bonchev–Trinajstić information content (AvgIpc) is 3.33. The van der Waals surface area contributed by atoms with Gasteiger partial charge in [-0.2, -0.15) is 0 Å². The van der Waals surface area contributed by atoms with Gasteiger partial charge in [0.05, 0.1) is 25.2 Å². The fourth-order valence-electron chi connectivity index (χ4n) is 8.82. The molecule has 3 atom stereocenters. The van der Waals surface area contributed by atoms with Gasteiger partial charge in [-0.25, -0.2) is 0 Å². The summed E-state index contributed by atoms with van der Waals surface area (Å²) in [7, 11) is 0. The molecule has 0 aliphatic rings. The molecule has 6 heteroatoms. The molecule has 0 aliphatic heterocycles. The number of aliphatic hydroxyl groups excluding tert-OH is 2. The van der Waals surface area contributed by atoms with Gasteiger partial charge in [0.1, 0.15) is 6.10 Å². The van der Waals surface area contributed by atoms with Gasteiger partial charge in [-0.05, 0) is 96.3 Å². The topological polar surface area (TPSA) is 95.9 Å². The second-order valence-electron chi connectivity index (χ2n) is 20.0. The number of hydrogen-bond acceptors (Lipinski definition) is 5. The van der Waals surface area contributed by atoms with E-state index in [1.807, 2.05) is 0 Å². The van der Waals surface area contributed by atoms with Gasteiger partial charge < -0.3 is 20.3 Å². The number of carbonyl (C=O) groups excluding carboxylic acids is 2. The SMILES string of the molecule is CCCCC/C=C\C/C=C\C/C=C\CCCCCCC(CC(=O)NC(CO)C(O)CCCCCCCCCCCCCCC)OC(=O)CCCCCCCCCCC/C=C\C/C=C\CCCCC. The zero-order chi connectivity index (χ0) is 49.5. The normalized spacial score (nSPS) is 13.5. The van der Waals surface area contributed by atoms with Crippen LogP contribution in [-0.4, -0.2) is 46.9 Å². The Labute approximate surface area is 422 Å². The monoisotopic (exact) mass is 952 g/mol. The Morgan fingerprint density at radius 2 is 0.750 bits per heavy atom. The predicted octanol–water partition coefficient (Wildman–Crippen LogP) is 18.4. The first kappa shape index (κ1) is 65.6. The summed E-state index contributed by atoms with van der Waals surface area (Å²) in [6, 6.07) is -0.712. The third-order valence-corrected chi connectivity index (χ3v) is 13.3. The fraction of sp³-hybridized carbons (Fsp3) is 0.806. The van der Waals surface area contributed by atoms with Crippen molar-refractivity contribution in [3.63, 3.8) is 0 Å². The minimum atomic E-state index is -0.796. The van der Waals surface area contributed by atoms with Gasteiger partial charge >= 0.3 is 5.97 Å². The van der Waals surface area contributed by atoms with Crippen molar-refractivity contribution in [1.82, 2.24) is 5.32 Å². The zero-order valence-electron chi connectivity index (χ0n) is 45.2. The third-order valence-electron chi connectivity index (χ3n) is 13.3. The Morgan fingerprint density at radius 1 is 0.426 bits per heavy atom. The number of allylic oxidation sites excluding steroid dienone is 10. The molecule has 3 unspecified atom stereocenters. The van der Waals surface area contributed by atoms with Crippen molar-refractivity contribution >= 4 is 11.9 Å². The van der Waals surface area contributed by atoms with Crippen LogP contribution in [0.1, 0.15) is 297 Å². The highest BCUT2D eigenvalue weighted by Gasteiger charge is 2.24. The Morgan fingerprint density at radius 3 is 1.16 bits per heavy atom. The Bertz CT molecular complexity index is 1210. The summed E-state index contributed by atoms with van der Waals surface area (Å²) in [5.74, 6) is -0.492. The van der Waals surface area contributed by atoms with Crippen molar-refractivity contribution in [3.05, 3.63) is 60.8 Å². The molecule has 0 fully saturated rings. The van der Waals surface area contributed by atoms with Crippen LogP contribution in [0.25, 0.3) is 0 Å². The van der Waals surface area contributed by atoms with Crippen LogP contribution in [0, 0.1) is 0 Å². The minimum Gasteiger partial charge on any atom is -0.462 e. The highest BCUT2D eigenvalue weighted by Crippen LogP contribution is 2.18. The maximum absolute atomic E-state index is 13.3. The molecule has 0 aliphatic carbocycles. The first-order chi connectivity index (χ1) is 33.5. The van der Waals surface area contributed by atoms with Gasteiger partial charge in [0, 0.05) is 6.42 Å². The van der Waals surface area contributed by atoms with E-state index in [1.54, 1.807) is 0 Å². The van der Waals surface area contributed by atoms with Crippen LogP contribution in [0.3, 0.4) is 0 Å². The molecule has 0 rings (SSSR count). The van der Waals surface area contributed by atoms with Crippen LogP contribution in [-0.2, 0) is 14.3 Å². The molecule has 6 nitrogen and oxygen atoms in total. The largest absolute Gasteiger partial charge is 0.462 e. The van der Waals surface area contributed by atoms with Crippen LogP contribution < -0.4 is 5.32 Å². The van der Waals surface area contributed by atoms with Gasteiger partial charge in [-0.1, -0.05) is 248 Å². The number of amides is 1. The van der Waals surface area contributed by atoms with Gasteiger partial charge in [0.15, 0.2) is 0 Å². The number of rotatable bonds is 53. The van der Waals surface area contributed by atoms with Crippen LogP contribution in [0.15, 0.2) is 60.8 Å². The highest BCUT2D eigenvalue weighted by atomic mass is 16.5. The van der Waals surface area contributed by atoms with Crippen molar-refractivity contribution in [2.45, 2.75) is 315 Å². The molecule has 0 spiro atoms. The van der Waals surface area contributed by atoms with E-state index >= 15 is 0 Å². The molecule has 68 heavy (non-hydrogen) atoms. The van der Waals surface area contributed by atoms with Gasteiger partial charge in [-0.15, -0.1) is 0 Å². The fourth-order valence-corrected chi connectivity index (χ4v) is 8.82. The number of hydrogen-bond donors (Lipinski definition) is 3. The molecular formula is C62H113NO5. The number of aliphatic hydroxyl groups is 2. The molecule has 1 amide bonds. The molecule has 0 radical (unpaired) electrons. The lowest BCUT2D eigenvalue weighted by Gasteiger charge is -2.24. The summed E-state index contributed by atoms with van der Waals surface area (Å²) in [5.41, 5.74) is 0. The first-order valence-corrected chi connectivity index (χ1v) is 29.5. The van der Waals surface area contributed by atoms with E-state index < -0.39 is 18.2 Å². The van der Waals surface area contributed by atoms with Crippen molar-refractivity contribution in [2.75, 3.05) is 6.61 Å². The van der Waals surface area contributed by atoms with Crippen molar-refractivity contribution < 1.29 is 24.5 Å². The quantitative estimate of drug-likeness (QED) is 0.0321. The second kappa shape index (κ2) is 55.5. The second-order valence-corrected chi connectivity index (χ2v) is 20.0. The maximum Gasteiger partial charge on any atom is 0.306 e. The highest BCUT2D eigenvalue weighted by molar-refractivity contribution is 5.77. The molecule has 3 N–H and O–H groups in total. The first-order valence-electron chi connectivity index (χ1n) is 29.5. The van der Waals surface area contributed by atoms with E-state index in [9.17, 15) is 19.8 Å². The maximum atomic E-state index is 13.3. The zero-order valence-corrected chi connectivity index (χ0v) is 45.2. The Hall–Kier alpha value is -2.44. The number of carbonyl (C=O) groups is 2. The van der Waals surface area contributed by atoms with Crippen molar-refractivity contribution in [1.29, 1.82) is 0 Å². The van der Waals surface area contributed by atoms with Crippen LogP contribution in [0.2, 0.25) is 0 Å². The van der Waals surface area contributed by atoms with Gasteiger partial charge in [-0.3, -0.25) is 9.59 Å². The Kier molecular flexibility index (Phi) is 53.5. The lowest BCUT2D eigenvalue weighted by atomic mass is 10.0. The molecule has 0 aromatic carbocycles. The summed E-state index contributed by atoms with van der Waals surface area (Å²) in [6.07, 6.45) is 69.9. The summed E-state index contributed by atoms with van der Waals surface area (Å²) < 4.78 is 5.96. The van der Waals surface area contributed by atoms with E-state index in [-0.39, 0.29) is 24.9 Å². The number of esters is 1. The van der Waals surface area contributed by atoms with E-state index in [2.05, 4.69) is 86.8 Å². The number of nitrogens with one attached hydrogen (secondary N) is 1. The minimum absolute atomic E-state index is 0.0609. The van der Waals surface area contributed by atoms with Gasteiger partial charge in [0.25, 0.3) is 0 Å². The van der Waals surface area contributed by atoms with Crippen LogP contribution in [0.4, 0.5) is 0 Å². The molecule has 0 saturated heterocycles. The lowest BCUT2D eigenvalue weighted by Crippen LogP contribution is -2.46. The van der Waals surface area contributed by atoms with Crippen LogP contribution >= 0.6 is 0 Å². The Balaban J connectivity index is 4.60. The predicted molar refractivity (Wildman–Crippen MR) is 296 cm³/mol. The van der Waals surface area contributed by atoms with E-state index in [4.69, 9.17) is 4.74 Å². The van der Waals surface area contributed by atoms with Crippen LogP contribution in [0.5, 0.6) is 0 Å². The van der Waals surface area contributed by atoms with Crippen molar-refractivity contribution in [2.24, 2.45) is 0 Å². The van der Waals surface area contributed by atoms with E-state index in [0.717, 1.165) is 89.9 Å². The van der Waals surface area contributed by atoms with Gasteiger partial charge in [0.2, 0.25) is 5.91 Å². The molecule has 0 heterocycles. The lowest BCUT2D eigenvalue weighted by molar-refractivity contribution is -0.151. The standard InChI is InChI=1S/C62H113NO5/c1-4-7-10-13-16-19-22-25-27-29-30-32-34-37-40-43-46-49-52-55-62(67)68-58(53-50-47-44-41-38-36-33-31-28-26-23-20-17-14-11-8-5-2)56-61(66)63-59(57-64)60(65)54-51-48-45-42-39-35-24-21-18-15-12-9-6-3/h16-17,19-20,25-28,33,36,58-60,64-65H,4-15,18,21-24,29-32,34-35,37-57H2,1-3H3,(H,63,66)/b19-16-,20-17-,27-25-,28-26-,36-33-. The summed E-state index contributed by atoms with van der Waals surface area (Å²) in [4.78, 5) is 26.3. The molecular weight excluding hydrogens is 839 g/mol. The van der Waals surface area contributed by atoms with E-state index in [0.29, 0.717) is 19.3 Å². The average molecular weight is 953 g/mol. The van der Waals surface area contributed by atoms with Crippen molar-refractivity contribution in [3.8, 4) is 0 Å². The third kappa shape index (κ3) is 50.0. The smallest absolute Gasteiger partial charge is 0.306 e. The molecule has 396 valence electrons. The molecule has 0 saturated carbocycles. The summed E-state index contributed by atoms with van der Waals surface area (Å²) in [6.45, 7) is 6.45. The molecule has 0 aromatic rings. The molecule has 0 aromatic heterocycles. The summed E-state index contributed by atoms with van der Waals surface area (Å²) in [5, 5.41) is 23.9. The number of ether oxygens (including phenoxy) is 1.